The highest BCUT2D eigenvalue weighted by molar-refractivity contribution is 5.96. The molecule has 30 heavy (non-hydrogen) atoms. The van der Waals surface area contributed by atoms with Crippen LogP contribution in [0.3, 0.4) is 0 Å². The average molecular weight is 410 g/mol. The normalized spacial score (nSPS) is 10.5. The summed E-state index contributed by atoms with van der Waals surface area (Å²) in [4.78, 5) is 16.8. The van der Waals surface area contributed by atoms with E-state index in [9.17, 15) is 9.18 Å². The largest absolute Gasteiger partial charge is 0.490 e. The third-order valence-electron chi connectivity index (χ3n) is 4.11. The molecule has 1 heterocycles. The Kier molecular flexibility index (Phi) is 7.74. The number of aromatic nitrogens is 1. The molecule has 0 unspecified atom stereocenters. The smallest absolute Gasteiger partial charge is 0.255 e. The number of ether oxygens (including phenoxy) is 3. The summed E-state index contributed by atoms with van der Waals surface area (Å²) >= 11 is 0. The number of amides is 1. The fourth-order valence-corrected chi connectivity index (χ4v) is 2.65. The molecule has 0 spiro atoms. The number of carbonyl (C=O) groups is 1. The van der Waals surface area contributed by atoms with Crippen molar-refractivity contribution < 1.29 is 23.4 Å². The van der Waals surface area contributed by atoms with Crippen LogP contribution in [0.25, 0.3) is 0 Å². The Bertz CT molecular complexity index is 963. The van der Waals surface area contributed by atoms with Crippen LogP contribution in [0.4, 0.5) is 4.39 Å². The summed E-state index contributed by atoms with van der Waals surface area (Å²) in [6.07, 6.45) is 1.59. The van der Waals surface area contributed by atoms with Gasteiger partial charge in [0.15, 0.2) is 0 Å². The summed E-state index contributed by atoms with van der Waals surface area (Å²) in [5, 5.41) is 2.87. The SMILES string of the molecule is CCOCCOc1ccccc1C(=O)NCc1ccnc(Oc2ccc(F)cc2)c1. The predicted octanol–water partition coefficient (Wildman–Crippen LogP) is 4.36. The van der Waals surface area contributed by atoms with E-state index in [2.05, 4.69) is 10.3 Å². The quantitative estimate of drug-likeness (QED) is 0.503. The van der Waals surface area contributed by atoms with E-state index in [1.807, 2.05) is 13.0 Å². The van der Waals surface area contributed by atoms with Crippen molar-refractivity contribution in [1.29, 1.82) is 0 Å². The molecule has 0 saturated heterocycles. The van der Waals surface area contributed by atoms with Gasteiger partial charge >= 0.3 is 0 Å². The third kappa shape index (κ3) is 6.28. The zero-order valence-electron chi connectivity index (χ0n) is 16.6. The second-order valence-electron chi connectivity index (χ2n) is 6.28. The maximum Gasteiger partial charge on any atom is 0.255 e. The van der Waals surface area contributed by atoms with Gasteiger partial charge in [0.25, 0.3) is 5.91 Å². The van der Waals surface area contributed by atoms with Gasteiger partial charge in [0, 0.05) is 25.4 Å². The number of pyridine rings is 1. The lowest BCUT2D eigenvalue weighted by molar-refractivity contribution is 0.0934. The third-order valence-corrected chi connectivity index (χ3v) is 4.11. The first-order valence-electron chi connectivity index (χ1n) is 9.62. The van der Waals surface area contributed by atoms with E-state index in [1.54, 1.807) is 36.5 Å². The minimum atomic E-state index is -0.339. The lowest BCUT2D eigenvalue weighted by atomic mass is 10.2. The molecule has 1 aromatic heterocycles. The summed E-state index contributed by atoms with van der Waals surface area (Å²) in [6.45, 7) is 3.64. The first-order valence-corrected chi connectivity index (χ1v) is 9.62. The Labute approximate surface area is 174 Å². The van der Waals surface area contributed by atoms with E-state index in [0.29, 0.717) is 42.8 Å². The number of nitrogens with one attached hydrogen (secondary N) is 1. The molecule has 2 aromatic carbocycles. The molecular formula is C23H23FN2O4. The monoisotopic (exact) mass is 410 g/mol. The number of hydrogen-bond acceptors (Lipinski definition) is 5. The van der Waals surface area contributed by atoms with Gasteiger partial charge in [-0.25, -0.2) is 9.37 Å². The van der Waals surface area contributed by atoms with Crippen molar-refractivity contribution in [2.75, 3.05) is 19.8 Å². The van der Waals surface area contributed by atoms with Crippen LogP contribution >= 0.6 is 0 Å². The van der Waals surface area contributed by atoms with Crippen molar-refractivity contribution in [2.24, 2.45) is 0 Å². The molecule has 0 aliphatic rings. The van der Waals surface area contributed by atoms with Gasteiger partial charge in [-0.2, -0.15) is 0 Å². The van der Waals surface area contributed by atoms with Gasteiger partial charge in [-0.1, -0.05) is 12.1 Å². The first kappa shape index (κ1) is 21.3. The standard InChI is InChI=1S/C23H23FN2O4/c1-2-28-13-14-29-21-6-4-3-5-20(21)23(27)26-16-17-11-12-25-22(15-17)30-19-9-7-18(24)8-10-19/h3-12,15H,2,13-14,16H2,1H3,(H,26,27). The van der Waals surface area contributed by atoms with E-state index >= 15 is 0 Å². The number of carbonyl (C=O) groups excluding carboxylic acids is 1. The topological polar surface area (TPSA) is 69.7 Å². The summed E-state index contributed by atoms with van der Waals surface area (Å²) < 4.78 is 29.6. The number of hydrogen-bond donors (Lipinski definition) is 1. The van der Waals surface area contributed by atoms with Gasteiger partial charge in [0.1, 0.15) is 23.9 Å². The zero-order chi connectivity index (χ0) is 21.2. The van der Waals surface area contributed by atoms with Gasteiger partial charge in [-0.15, -0.1) is 0 Å². The lowest BCUT2D eigenvalue weighted by Gasteiger charge is -2.12. The van der Waals surface area contributed by atoms with Gasteiger partial charge in [0.05, 0.1) is 12.2 Å². The fourth-order valence-electron chi connectivity index (χ4n) is 2.65. The first-order chi connectivity index (χ1) is 14.7. The molecule has 0 atom stereocenters. The Hall–Kier alpha value is -3.45. The second kappa shape index (κ2) is 10.9. The maximum absolute atomic E-state index is 13.0. The van der Waals surface area contributed by atoms with Crippen molar-refractivity contribution in [1.82, 2.24) is 10.3 Å². The van der Waals surface area contributed by atoms with Crippen LogP contribution in [0.15, 0.2) is 66.9 Å². The van der Waals surface area contributed by atoms with Gasteiger partial charge in [0.2, 0.25) is 5.88 Å². The van der Waals surface area contributed by atoms with Crippen LogP contribution in [0, 0.1) is 5.82 Å². The van der Waals surface area contributed by atoms with Crippen molar-refractivity contribution in [3.05, 3.63) is 83.8 Å². The molecule has 0 aliphatic heterocycles. The molecule has 0 radical (unpaired) electrons. The molecule has 3 rings (SSSR count). The second-order valence-corrected chi connectivity index (χ2v) is 6.28. The van der Waals surface area contributed by atoms with Gasteiger partial charge in [-0.3, -0.25) is 4.79 Å². The maximum atomic E-state index is 13.0. The van der Waals surface area contributed by atoms with Crippen molar-refractivity contribution in [3.63, 3.8) is 0 Å². The van der Waals surface area contributed by atoms with Crippen LogP contribution in [-0.4, -0.2) is 30.7 Å². The molecule has 0 fully saturated rings. The van der Waals surface area contributed by atoms with E-state index < -0.39 is 0 Å². The molecule has 3 aromatic rings. The van der Waals surface area contributed by atoms with Crippen molar-refractivity contribution in [2.45, 2.75) is 13.5 Å². The Morgan fingerprint density at radius 1 is 1.07 bits per heavy atom. The Balaban J connectivity index is 1.59. The van der Waals surface area contributed by atoms with E-state index in [0.717, 1.165) is 5.56 Å². The molecule has 156 valence electrons. The molecule has 0 saturated carbocycles. The molecule has 6 nitrogen and oxygen atoms in total. The predicted molar refractivity (Wildman–Crippen MR) is 110 cm³/mol. The molecule has 0 aliphatic carbocycles. The number of nitrogens with zero attached hydrogens (tertiary/aromatic N) is 1. The Morgan fingerprint density at radius 2 is 1.87 bits per heavy atom. The van der Waals surface area contributed by atoms with E-state index in [-0.39, 0.29) is 18.3 Å². The minimum Gasteiger partial charge on any atom is -0.490 e. The van der Waals surface area contributed by atoms with Gasteiger partial charge < -0.3 is 19.5 Å². The summed E-state index contributed by atoms with van der Waals surface area (Å²) in [5.41, 5.74) is 1.26. The van der Waals surface area contributed by atoms with Crippen LogP contribution in [-0.2, 0) is 11.3 Å². The highest BCUT2D eigenvalue weighted by Gasteiger charge is 2.12. The van der Waals surface area contributed by atoms with Gasteiger partial charge in [-0.05, 0) is 55.0 Å². The van der Waals surface area contributed by atoms with Crippen LogP contribution in [0.2, 0.25) is 0 Å². The summed E-state index contributed by atoms with van der Waals surface area (Å²) in [5.74, 6) is 0.745. The molecule has 0 bridgehead atoms. The fraction of sp³-hybridized carbons (Fsp3) is 0.217. The lowest BCUT2D eigenvalue weighted by Crippen LogP contribution is -2.23. The van der Waals surface area contributed by atoms with Crippen LogP contribution in [0.5, 0.6) is 17.4 Å². The molecule has 7 heteroatoms. The number of para-hydroxylation sites is 1. The zero-order valence-corrected chi connectivity index (χ0v) is 16.6. The van der Waals surface area contributed by atoms with Crippen molar-refractivity contribution >= 4 is 5.91 Å². The highest BCUT2D eigenvalue weighted by Crippen LogP contribution is 2.21. The number of halogens is 1. The van der Waals surface area contributed by atoms with Crippen LogP contribution in [0.1, 0.15) is 22.8 Å². The van der Waals surface area contributed by atoms with Crippen LogP contribution < -0.4 is 14.8 Å². The summed E-state index contributed by atoms with van der Waals surface area (Å²) in [7, 11) is 0. The molecule has 1 amide bonds. The van der Waals surface area contributed by atoms with E-state index in [1.165, 1.54) is 24.3 Å². The summed E-state index contributed by atoms with van der Waals surface area (Å²) in [6, 6.07) is 16.2. The number of benzene rings is 2. The van der Waals surface area contributed by atoms with E-state index in [4.69, 9.17) is 14.2 Å². The Morgan fingerprint density at radius 3 is 2.67 bits per heavy atom. The number of rotatable bonds is 10. The highest BCUT2D eigenvalue weighted by atomic mass is 19.1. The minimum absolute atomic E-state index is 0.250. The van der Waals surface area contributed by atoms with Crippen molar-refractivity contribution in [3.8, 4) is 17.4 Å². The molecule has 1 N–H and O–H groups in total. The molecular weight excluding hydrogens is 387 g/mol. The average Bonchev–Trinajstić information content (AvgIpc) is 2.77.